The van der Waals surface area contributed by atoms with Gasteiger partial charge in [-0.3, -0.25) is 0 Å². The molecule has 1 saturated heterocycles. The van der Waals surface area contributed by atoms with Gasteiger partial charge in [-0.1, -0.05) is 6.07 Å². The summed E-state index contributed by atoms with van der Waals surface area (Å²) in [5, 5.41) is 3.65. The van der Waals surface area contributed by atoms with E-state index >= 15 is 0 Å². The summed E-state index contributed by atoms with van der Waals surface area (Å²) in [6, 6.07) is 6.60. The van der Waals surface area contributed by atoms with Crippen LogP contribution in [0.25, 0.3) is 0 Å². The van der Waals surface area contributed by atoms with Gasteiger partial charge in [0.25, 0.3) is 0 Å². The molecule has 0 radical (unpaired) electrons. The van der Waals surface area contributed by atoms with Gasteiger partial charge in [-0.05, 0) is 57.1 Å². The fourth-order valence-corrected chi connectivity index (χ4v) is 2.98. The molecule has 0 bridgehead atoms. The van der Waals surface area contributed by atoms with Crippen molar-refractivity contribution in [1.29, 1.82) is 0 Å². The molecule has 0 spiro atoms. The van der Waals surface area contributed by atoms with Crippen LogP contribution in [-0.2, 0) is 0 Å². The van der Waals surface area contributed by atoms with Crippen LogP contribution in [0.5, 0.6) is 11.5 Å². The van der Waals surface area contributed by atoms with Gasteiger partial charge in [0, 0.05) is 12.6 Å². The van der Waals surface area contributed by atoms with Gasteiger partial charge in [0.1, 0.15) is 13.2 Å². The van der Waals surface area contributed by atoms with Gasteiger partial charge in [0.2, 0.25) is 0 Å². The third kappa shape index (κ3) is 3.07. The van der Waals surface area contributed by atoms with E-state index in [0.717, 1.165) is 24.0 Å². The molecular formula is C16H24N2O2. The molecule has 2 heterocycles. The first-order valence-electron chi connectivity index (χ1n) is 7.54. The zero-order chi connectivity index (χ0) is 13.9. The Morgan fingerprint density at radius 2 is 2.10 bits per heavy atom. The number of hydrogen-bond acceptors (Lipinski definition) is 4. The van der Waals surface area contributed by atoms with Crippen LogP contribution in [0.2, 0.25) is 0 Å². The second-order valence-electron chi connectivity index (χ2n) is 5.95. The number of nitrogens with zero attached hydrogens (tertiary/aromatic N) is 1. The molecule has 1 aromatic rings. The van der Waals surface area contributed by atoms with Crippen molar-refractivity contribution in [1.82, 2.24) is 10.2 Å². The third-order valence-corrected chi connectivity index (χ3v) is 4.27. The predicted molar refractivity (Wildman–Crippen MR) is 79.5 cm³/mol. The monoisotopic (exact) mass is 276 g/mol. The highest BCUT2D eigenvalue weighted by atomic mass is 16.6. The van der Waals surface area contributed by atoms with Crippen molar-refractivity contribution in [3.8, 4) is 11.5 Å². The van der Waals surface area contributed by atoms with E-state index in [1.807, 2.05) is 6.07 Å². The molecule has 1 N–H and O–H groups in total. The van der Waals surface area contributed by atoms with Crippen LogP contribution in [0.15, 0.2) is 18.2 Å². The average molecular weight is 276 g/mol. The molecule has 0 amide bonds. The van der Waals surface area contributed by atoms with E-state index < -0.39 is 0 Å². The number of fused-ring (bicyclic) bond motifs is 1. The zero-order valence-corrected chi connectivity index (χ0v) is 12.4. The topological polar surface area (TPSA) is 33.7 Å². The highest BCUT2D eigenvalue weighted by Crippen LogP contribution is 2.32. The minimum absolute atomic E-state index is 0.344. The molecule has 3 rings (SSSR count). The van der Waals surface area contributed by atoms with E-state index in [1.54, 1.807) is 0 Å². The smallest absolute Gasteiger partial charge is 0.161 e. The minimum atomic E-state index is 0.344. The molecule has 0 aliphatic carbocycles. The lowest BCUT2D eigenvalue weighted by atomic mass is 10.1. The SMILES string of the molecule is CC(NCC1CCN(C)C1)c1ccc2c(c1)OCCO2. The molecule has 1 fully saturated rings. The van der Waals surface area contributed by atoms with Gasteiger partial charge in [-0.15, -0.1) is 0 Å². The summed E-state index contributed by atoms with van der Waals surface area (Å²) >= 11 is 0. The first-order valence-corrected chi connectivity index (χ1v) is 7.54. The van der Waals surface area contributed by atoms with Crippen molar-refractivity contribution in [2.75, 3.05) is 39.9 Å². The van der Waals surface area contributed by atoms with E-state index in [9.17, 15) is 0 Å². The number of benzene rings is 1. The molecule has 2 aliphatic rings. The predicted octanol–water partition coefficient (Wildman–Crippen LogP) is 2.06. The second-order valence-corrected chi connectivity index (χ2v) is 5.95. The van der Waals surface area contributed by atoms with Crippen LogP contribution < -0.4 is 14.8 Å². The van der Waals surface area contributed by atoms with Crippen LogP contribution in [0, 0.1) is 5.92 Å². The molecule has 4 heteroatoms. The minimum Gasteiger partial charge on any atom is -0.486 e. The van der Waals surface area contributed by atoms with Crippen molar-refractivity contribution < 1.29 is 9.47 Å². The van der Waals surface area contributed by atoms with Crippen molar-refractivity contribution in [3.05, 3.63) is 23.8 Å². The molecule has 110 valence electrons. The van der Waals surface area contributed by atoms with E-state index in [1.165, 1.54) is 25.1 Å². The number of rotatable bonds is 4. The molecule has 2 aliphatic heterocycles. The van der Waals surface area contributed by atoms with Crippen molar-refractivity contribution >= 4 is 0 Å². The average Bonchev–Trinajstić information content (AvgIpc) is 2.90. The first-order chi connectivity index (χ1) is 9.72. The zero-order valence-electron chi connectivity index (χ0n) is 12.4. The lowest BCUT2D eigenvalue weighted by Gasteiger charge is -2.22. The number of hydrogen-bond donors (Lipinski definition) is 1. The Morgan fingerprint density at radius 1 is 1.30 bits per heavy atom. The van der Waals surface area contributed by atoms with E-state index in [4.69, 9.17) is 9.47 Å². The van der Waals surface area contributed by atoms with E-state index in [-0.39, 0.29) is 0 Å². The maximum Gasteiger partial charge on any atom is 0.161 e. The molecule has 2 atom stereocenters. The molecule has 2 unspecified atom stereocenters. The van der Waals surface area contributed by atoms with Gasteiger partial charge in [0.05, 0.1) is 0 Å². The lowest BCUT2D eigenvalue weighted by molar-refractivity contribution is 0.171. The molecule has 0 saturated carbocycles. The lowest BCUT2D eigenvalue weighted by Crippen LogP contribution is -2.27. The summed E-state index contributed by atoms with van der Waals surface area (Å²) in [5.41, 5.74) is 1.26. The number of likely N-dealkylation sites (tertiary alicyclic amines) is 1. The standard InChI is InChI=1S/C16H24N2O2/c1-12(17-10-13-5-6-18(2)11-13)14-3-4-15-16(9-14)20-8-7-19-15/h3-4,9,12-13,17H,5-8,10-11H2,1-2H3. The molecule has 1 aromatic carbocycles. The molecule has 4 nitrogen and oxygen atoms in total. The van der Waals surface area contributed by atoms with Gasteiger partial charge < -0.3 is 19.7 Å². The van der Waals surface area contributed by atoms with Crippen molar-refractivity contribution in [3.63, 3.8) is 0 Å². The van der Waals surface area contributed by atoms with Crippen LogP contribution >= 0.6 is 0 Å². The van der Waals surface area contributed by atoms with Crippen LogP contribution in [-0.4, -0.2) is 44.8 Å². The Labute approximate surface area is 121 Å². The van der Waals surface area contributed by atoms with Crippen molar-refractivity contribution in [2.24, 2.45) is 5.92 Å². The van der Waals surface area contributed by atoms with Gasteiger partial charge >= 0.3 is 0 Å². The van der Waals surface area contributed by atoms with E-state index in [2.05, 4.69) is 36.3 Å². The largest absolute Gasteiger partial charge is 0.486 e. The molecule has 20 heavy (non-hydrogen) atoms. The summed E-state index contributed by atoms with van der Waals surface area (Å²) in [5.74, 6) is 2.52. The molecular weight excluding hydrogens is 252 g/mol. The van der Waals surface area contributed by atoms with Crippen LogP contribution in [0.3, 0.4) is 0 Å². The van der Waals surface area contributed by atoms with E-state index in [0.29, 0.717) is 19.3 Å². The van der Waals surface area contributed by atoms with Gasteiger partial charge in [-0.2, -0.15) is 0 Å². The second kappa shape index (κ2) is 6.02. The summed E-state index contributed by atoms with van der Waals surface area (Å²) in [4.78, 5) is 2.40. The van der Waals surface area contributed by atoms with Crippen LogP contribution in [0.1, 0.15) is 24.9 Å². The normalized spacial score (nSPS) is 23.8. The Hall–Kier alpha value is -1.26. The Morgan fingerprint density at radius 3 is 2.85 bits per heavy atom. The summed E-state index contributed by atoms with van der Waals surface area (Å²) < 4.78 is 11.2. The quantitative estimate of drug-likeness (QED) is 0.912. The Kier molecular flexibility index (Phi) is 4.13. The Bertz CT molecular complexity index is 464. The fraction of sp³-hybridized carbons (Fsp3) is 0.625. The Balaban J connectivity index is 1.58. The fourth-order valence-electron chi connectivity index (χ4n) is 2.98. The van der Waals surface area contributed by atoms with Gasteiger partial charge in [0.15, 0.2) is 11.5 Å². The van der Waals surface area contributed by atoms with Crippen LogP contribution in [0.4, 0.5) is 0 Å². The number of nitrogens with one attached hydrogen (secondary N) is 1. The number of ether oxygens (including phenoxy) is 2. The van der Waals surface area contributed by atoms with Crippen molar-refractivity contribution in [2.45, 2.75) is 19.4 Å². The third-order valence-electron chi connectivity index (χ3n) is 4.27. The highest BCUT2D eigenvalue weighted by molar-refractivity contribution is 5.44. The van der Waals surface area contributed by atoms with Gasteiger partial charge in [-0.25, -0.2) is 0 Å². The maximum atomic E-state index is 5.65. The summed E-state index contributed by atoms with van der Waals surface area (Å²) in [6.07, 6.45) is 1.30. The summed E-state index contributed by atoms with van der Waals surface area (Å²) in [7, 11) is 2.20. The molecule has 0 aromatic heterocycles. The first kappa shape index (κ1) is 13.7. The highest BCUT2D eigenvalue weighted by Gasteiger charge is 2.20. The maximum absolute atomic E-state index is 5.65. The summed E-state index contributed by atoms with van der Waals surface area (Å²) in [6.45, 7) is 7.03.